The summed E-state index contributed by atoms with van der Waals surface area (Å²) in [5.74, 6) is 1.84. The molecule has 1 saturated carbocycles. The van der Waals surface area contributed by atoms with Gasteiger partial charge in [-0.2, -0.15) is 0 Å². The number of anilines is 1. The fourth-order valence-corrected chi connectivity index (χ4v) is 2.46. The Kier molecular flexibility index (Phi) is 2.78. The van der Waals surface area contributed by atoms with Crippen molar-refractivity contribution in [3.8, 4) is 0 Å². The summed E-state index contributed by atoms with van der Waals surface area (Å²) in [6.07, 6.45) is 8.43. The molecule has 2 aromatic rings. The van der Waals surface area contributed by atoms with E-state index in [1.807, 2.05) is 23.0 Å². The van der Waals surface area contributed by atoms with E-state index in [2.05, 4.69) is 37.7 Å². The minimum Gasteiger partial charge on any atom is -0.353 e. The molecule has 0 aliphatic heterocycles. The van der Waals surface area contributed by atoms with Crippen LogP contribution in [0.25, 0.3) is 5.65 Å². The fourth-order valence-electron chi connectivity index (χ4n) is 2.07. The van der Waals surface area contributed by atoms with Gasteiger partial charge < -0.3 is 9.30 Å². The van der Waals surface area contributed by atoms with E-state index in [9.17, 15) is 0 Å². The lowest BCUT2D eigenvalue weighted by atomic mass is 10.3. The predicted octanol–water partition coefficient (Wildman–Crippen LogP) is 2.73. The number of imidazole rings is 1. The van der Waals surface area contributed by atoms with Gasteiger partial charge in [-0.25, -0.2) is 9.97 Å². The van der Waals surface area contributed by atoms with Gasteiger partial charge in [-0.15, -0.1) is 0 Å². The third kappa shape index (κ3) is 2.16. The maximum atomic E-state index is 4.58. The Bertz CT molecular complexity index is 532. The topological polar surface area (TPSA) is 33.4 Å². The number of fused-ring (bicyclic) bond motifs is 1. The van der Waals surface area contributed by atoms with E-state index in [1.54, 1.807) is 0 Å². The first kappa shape index (κ1) is 11.0. The Balaban J connectivity index is 2.03. The highest BCUT2D eigenvalue weighted by Gasteiger charge is 2.25. The summed E-state index contributed by atoms with van der Waals surface area (Å²) in [5, 5.41) is 0. The lowest BCUT2D eigenvalue weighted by Crippen LogP contribution is -2.27. The van der Waals surface area contributed by atoms with Crippen molar-refractivity contribution in [1.29, 1.82) is 0 Å². The van der Waals surface area contributed by atoms with Crippen LogP contribution in [0, 0.1) is 5.92 Å². The Hall–Kier alpha value is -1.10. The summed E-state index contributed by atoms with van der Waals surface area (Å²) in [5.41, 5.74) is 0.940. The van der Waals surface area contributed by atoms with E-state index in [-0.39, 0.29) is 0 Å². The highest BCUT2D eigenvalue weighted by Crippen LogP contribution is 2.32. The maximum Gasteiger partial charge on any atom is 0.180 e. The van der Waals surface area contributed by atoms with Crippen molar-refractivity contribution in [2.24, 2.45) is 5.92 Å². The molecule has 0 radical (unpaired) electrons. The van der Waals surface area contributed by atoms with Crippen molar-refractivity contribution < 1.29 is 0 Å². The van der Waals surface area contributed by atoms with Gasteiger partial charge in [0.2, 0.25) is 0 Å². The normalized spacial score (nSPS) is 15.4. The standard InChI is InChI=1S/C12H15BrN4/c1-2-16(7-9-3-4-9)12-11-14-5-6-17(11)8-10(13)15-12/h5-6,8-9H,2-4,7H2,1H3. The molecule has 1 fully saturated rings. The molecule has 5 heteroatoms. The molecule has 0 spiro atoms. The van der Waals surface area contributed by atoms with Crippen LogP contribution in [0.5, 0.6) is 0 Å². The number of hydrogen-bond donors (Lipinski definition) is 0. The van der Waals surface area contributed by atoms with Crippen LogP contribution in [0.3, 0.4) is 0 Å². The van der Waals surface area contributed by atoms with Crippen molar-refractivity contribution >= 4 is 27.4 Å². The monoisotopic (exact) mass is 294 g/mol. The summed E-state index contributed by atoms with van der Waals surface area (Å²) < 4.78 is 2.87. The number of rotatable bonds is 4. The zero-order chi connectivity index (χ0) is 11.8. The first-order valence-corrected chi connectivity index (χ1v) is 6.81. The zero-order valence-electron chi connectivity index (χ0n) is 9.80. The fraction of sp³-hybridized carbons (Fsp3) is 0.500. The van der Waals surface area contributed by atoms with Gasteiger partial charge in [0.25, 0.3) is 0 Å². The molecule has 0 saturated heterocycles. The van der Waals surface area contributed by atoms with Crippen LogP contribution in [0.4, 0.5) is 5.82 Å². The minimum absolute atomic E-state index is 0.853. The molecule has 90 valence electrons. The van der Waals surface area contributed by atoms with Gasteiger partial charge in [0.1, 0.15) is 4.60 Å². The second-order valence-electron chi connectivity index (χ2n) is 4.53. The molecule has 0 amide bonds. The molecule has 2 aromatic heterocycles. The minimum atomic E-state index is 0.853. The van der Waals surface area contributed by atoms with E-state index in [0.717, 1.165) is 35.1 Å². The van der Waals surface area contributed by atoms with Gasteiger partial charge in [-0.1, -0.05) is 0 Å². The highest BCUT2D eigenvalue weighted by atomic mass is 79.9. The molecule has 4 nitrogen and oxygen atoms in total. The second kappa shape index (κ2) is 4.29. The van der Waals surface area contributed by atoms with E-state index >= 15 is 0 Å². The quantitative estimate of drug-likeness (QED) is 0.869. The van der Waals surface area contributed by atoms with Crippen molar-refractivity contribution in [1.82, 2.24) is 14.4 Å². The summed E-state index contributed by atoms with van der Waals surface area (Å²) in [6, 6.07) is 0. The van der Waals surface area contributed by atoms with Gasteiger partial charge in [0.15, 0.2) is 11.5 Å². The van der Waals surface area contributed by atoms with E-state index < -0.39 is 0 Å². The first-order valence-electron chi connectivity index (χ1n) is 6.02. The summed E-state index contributed by atoms with van der Waals surface area (Å²) in [7, 11) is 0. The summed E-state index contributed by atoms with van der Waals surface area (Å²) in [6.45, 7) is 4.25. The number of hydrogen-bond acceptors (Lipinski definition) is 3. The van der Waals surface area contributed by atoms with Crippen LogP contribution in [0.15, 0.2) is 23.2 Å². The van der Waals surface area contributed by atoms with E-state index in [1.165, 1.54) is 12.8 Å². The highest BCUT2D eigenvalue weighted by molar-refractivity contribution is 9.10. The molecule has 17 heavy (non-hydrogen) atoms. The van der Waals surface area contributed by atoms with Crippen molar-refractivity contribution in [2.45, 2.75) is 19.8 Å². The average molecular weight is 295 g/mol. The van der Waals surface area contributed by atoms with Gasteiger partial charge >= 0.3 is 0 Å². The third-order valence-electron chi connectivity index (χ3n) is 3.18. The van der Waals surface area contributed by atoms with Crippen LogP contribution in [-0.2, 0) is 0 Å². The Labute approximate surface area is 109 Å². The molecule has 2 heterocycles. The van der Waals surface area contributed by atoms with Gasteiger partial charge in [0, 0.05) is 31.7 Å². The molecule has 3 rings (SSSR count). The Morgan fingerprint density at radius 3 is 3.06 bits per heavy atom. The summed E-state index contributed by atoms with van der Waals surface area (Å²) >= 11 is 3.46. The molecule has 1 aliphatic rings. The van der Waals surface area contributed by atoms with Crippen molar-refractivity contribution in [3.63, 3.8) is 0 Å². The van der Waals surface area contributed by atoms with Crippen LogP contribution >= 0.6 is 15.9 Å². The molecular formula is C12H15BrN4. The smallest absolute Gasteiger partial charge is 0.180 e. The summed E-state index contributed by atoms with van der Waals surface area (Å²) in [4.78, 5) is 11.3. The SMILES string of the molecule is CCN(CC1CC1)c1nc(Br)cn2ccnc12. The molecule has 0 aromatic carbocycles. The molecule has 0 atom stereocenters. The number of aromatic nitrogens is 3. The molecule has 1 aliphatic carbocycles. The van der Waals surface area contributed by atoms with Gasteiger partial charge in [-0.05, 0) is 41.6 Å². The van der Waals surface area contributed by atoms with Crippen LogP contribution in [0.1, 0.15) is 19.8 Å². The Morgan fingerprint density at radius 1 is 1.53 bits per heavy atom. The average Bonchev–Trinajstić information content (AvgIpc) is 3.01. The molecule has 0 unspecified atom stereocenters. The van der Waals surface area contributed by atoms with Crippen LogP contribution < -0.4 is 4.90 Å². The van der Waals surface area contributed by atoms with Crippen LogP contribution in [0.2, 0.25) is 0 Å². The number of nitrogens with zero attached hydrogens (tertiary/aromatic N) is 4. The Morgan fingerprint density at radius 2 is 2.35 bits per heavy atom. The first-order chi connectivity index (χ1) is 8.28. The molecule has 0 N–H and O–H groups in total. The van der Waals surface area contributed by atoms with Crippen molar-refractivity contribution in [3.05, 3.63) is 23.2 Å². The maximum absolute atomic E-state index is 4.58. The number of halogens is 1. The second-order valence-corrected chi connectivity index (χ2v) is 5.34. The largest absolute Gasteiger partial charge is 0.353 e. The molecular weight excluding hydrogens is 280 g/mol. The van der Waals surface area contributed by atoms with E-state index in [4.69, 9.17) is 0 Å². The lowest BCUT2D eigenvalue weighted by Gasteiger charge is -2.22. The van der Waals surface area contributed by atoms with Gasteiger partial charge in [0.05, 0.1) is 0 Å². The third-order valence-corrected chi connectivity index (χ3v) is 3.57. The predicted molar refractivity (Wildman–Crippen MR) is 71.3 cm³/mol. The van der Waals surface area contributed by atoms with E-state index in [0.29, 0.717) is 0 Å². The van der Waals surface area contributed by atoms with Gasteiger partial charge in [-0.3, -0.25) is 0 Å². The van der Waals surface area contributed by atoms with Crippen LogP contribution in [-0.4, -0.2) is 27.5 Å². The zero-order valence-corrected chi connectivity index (χ0v) is 11.4. The molecule has 0 bridgehead atoms. The lowest BCUT2D eigenvalue weighted by molar-refractivity contribution is 0.730. The van der Waals surface area contributed by atoms with Crippen molar-refractivity contribution in [2.75, 3.05) is 18.0 Å².